The maximum atomic E-state index is 2.42. The molecule has 0 amide bonds. The van der Waals surface area contributed by atoms with E-state index in [-0.39, 0.29) is 0 Å². The zero-order chi connectivity index (χ0) is 37.0. The van der Waals surface area contributed by atoms with E-state index in [1.54, 1.807) is 0 Å². The zero-order valence-corrected chi connectivity index (χ0v) is 30.7. The summed E-state index contributed by atoms with van der Waals surface area (Å²) in [5, 5.41) is 10.1. The minimum Gasteiger partial charge on any atom is -0.310 e. The van der Waals surface area contributed by atoms with Crippen molar-refractivity contribution in [1.29, 1.82) is 0 Å². The molecule has 11 rings (SSSR count). The predicted octanol–water partition coefficient (Wildman–Crippen LogP) is 15.0. The van der Waals surface area contributed by atoms with Crippen LogP contribution in [0.3, 0.4) is 0 Å². The van der Waals surface area contributed by atoms with Gasteiger partial charge >= 0.3 is 0 Å². The van der Waals surface area contributed by atoms with Gasteiger partial charge < -0.3 is 9.47 Å². The van der Waals surface area contributed by atoms with Crippen molar-refractivity contribution in [2.45, 2.75) is 0 Å². The summed E-state index contributed by atoms with van der Waals surface area (Å²) in [6.45, 7) is 0. The first-order valence-electron chi connectivity index (χ1n) is 19.3. The number of hydrogen-bond donors (Lipinski definition) is 0. The fourth-order valence-electron chi connectivity index (χ4n) is 8.70. The van der Waals surface area contributed by atoms with Gasteiger partial charge in [-0.2, -0.15) is 0 Å². The largest absolute Gasteiger partial charge is 0.310 e. The van der Waals surface area contributed by atoms with Crippen LogP contribution in [0, 0.1) is 0 Å². The van der Waals surface area contributed by atoms with Crippen LogP contribution in [0.1, 0.15) is 0 Å². The lowest BCUT2D eigenvalue weighted by Crippen LogP contribution is -2.10. The minimum atomic E-state index is 1.10. The van der Waals surface area contributed by atoms with Crippen LogP contribution in [0.4, 0.5) is 17.1 Å². The van der Waals surface area contributed by atoms with E-state index in [1.165, 1.54) is 76.4 Å². The zero-order valence-electron chi connectivity index (χ0n) is 30.7. The van der Waals surface area contributed by atoms with Gasteiger partial charge in [0, 0.05) is 27.8 Å². The van der Waals surface area contributed by atoms with Crippen LogP contribution in [0.5, 0.6) is 0 Å². The van der Waals surface area contributed by atoms with Gasteiger partial charge in [-0.3, -0.25) is 0 Å². The Hall–Kier alpha value is -7.42. The average molecular weight is 713 g/mol. The van der Waals surface area contributed by atoms with Gasteiger partial charge in [0.05, 0.1) is 16.7 Å². The summed E-state index contributed by atoms with van der Waals surface area (Å²) in [4.78, 5) is 2.42. The third-order valence-corrected chi connectivity index (χ3v) is 11.4. The monoisotopic (exact) mass is 712 g/mol. The van der Waals surface area contributed by atoms with Crippen LogP contribution < -0.4 is 4.90 Å². The summed E-state index contributed by atoms with van der Waals surface area (Å²) in [5.74, 6) is 0. The molecule has 56 heavy (non-hydrogen) atoms. The molecule has 0 radical (unpaired) electrons. The molecule has 2 nitrogen and oxygen atoms in total. The summed E-state index contributed by atoms with van der Waals surface area (Å²) >= 11 is 0. The molecule has 0 aliphatic rings. The first-order valence-corrected chi connectivity index (χ1v) is 19.3. The van der Waals surface area contributed by atoms with Crippen molar-refractivity contribution in [2.24, 2.45) is 0 Å². The van der Waals surface area contributed by atoms with Crippen LogP contribution in [0.15, 0.2) is 218 Å². The molecule has 10 aromatic carbocycles. The molecule has 0 spiro atoms. The first kappa shape index (κ1) is 32.0. The Bertz CT molecular complexity index is 3210. The lowest BCUT2D eigenvalue weighted by molar-refractivity contribution is 1.18. The van der Waals surface area contributed by atoms with Gasteiger partial charge in [0.1, 0.15) is 0 Å². The topological polar surface area (TPSA) is 8.17 Å². The van der Waals surface area contributed by atoms with Gasteiger partial charge in [0.2, 0.25) is 0 Å². The molecule has 0 saturated heterocycles. The highest BCUT2D eigenvalue weighted by Gasteiger charge is 2.21. The van der Waals surface area contributed by atoms with Crippen LogP contribution in [-0.2, 0) is 0 Å². The lowest BCUT2D eigenvalue weighted by Gasteiger charge is -2.27. The first-order chi connectivity index (χ1) is 27.8. The number of fused-ring (bicyclic) bond motifs is 8. The SMILES string of the molecule is c1ccc(-c2ccc(N(c3ccc(-c4ccc5ccc6c7ccccc7ccc6c5c4)cc3)c3cccc4c3c3ccccc3n4-c3ccccc3)cc2)cc1. The Morgan fingerprint density at radius 2 is 0.821 bits per heavy atom. The van der Waals surface area contributed by atoms with Crippen LogP contribution in [0.25, 0.3) is 82.1 Å². The van der Waals surface area contributed by atoms with Crippen LogP contribution in [-0.4, -0.2) is 4.57 Å². The summed E-state index contributed by atoms with van der Waals surface area (Å²) in [6, 6.07) is 79.4. The van der Waals surface area contributed by atoms with Crippen molar-refractivity contribution >= 4 is 71.2 Å². The average Bonchev–Trinajstić information content (AvgIpc) is 3.62. The third-order valence-electron chi connectivity index (χ3n) is 11.4. The van der Waals surface area contributed by atoms with Gasteiger partial charge in [-0.1, -0.05) is 158 Å². The molecular formula is C54H36N2. The lowest BCUT2D eigenvalue weighted by atomic mass is 9.94. The molecule has 0 fully saturated rings. The van der Waals surface area contributed by atoms with Gasteiger partial charge in [0.15, 0.2) is 0 Å². The molecule has 11 aromatic rings. The predicted molar refractivity (Wildman–Crippen MR) is 239 cm³/mol. The van der Waals surface area contributed by atoms with Crippen molar-refractivity contribution in [3.63, 3.8) is 0 Å². The summed E-state index contributed by atoms with van der Waals surface area (Å²) in [6.07, 6.45) is 0. The Kier molecular flexibility index (Phi) is 7.53. The smallest absolute Gasteiger partial charge is 0.0562 e. The van der Waals surface area contributed by atoms with Crippen molar-refractivity contribution in [3.05, 3.63) is 218 Å². The maximum Gasteiger partial charge on any atom is 0.0562 e. The number of aromatic nitrogens is 1. The minimum absolute atomic E-state index is 1.10. The molecule has 262 valence electrons. The molecule has 0 saturated carbocycles. The highest BCUT2D eigenvalue weighted by atomic mass is 15.1. The fraction of sp³-hybridized carbons (Fsp3) is 0. The van der Waals surface area contributed by atoms with E-state index in [0.717, 1.165) is 22.7 Å². The molecule has 2 heteroatoms. The number of nitrogens with zero attached hydrogens (tertiary/aromatic N) is 2. The van der Waals surface area contributed by atoms with Crippen molar-refractivity contribution < 1.29 is 0 Å². The molecular weight excluding hydrogens is 677 g/mol. The fourth-order valence-corrected chi connectivity index (χ4v) is 8.70. The second-order valence-electron chi connectivity index (χ2n) is 14.5. The summed E-state index contributed by atoms with van der Waals surface area (Å²) in [5.41, 5.74) is 11.6. The van der Waals surface area contributed by atoms with Crippen LogP contribution in [0.2, 0.25) is 0 Å². The second-order valence-corrected chi connectivity index (χ2v) is 14.5. The standard InChI is InChI=1S/C54H36N2/c1-3-12-37(13-4-1)38-24-30-44(31-25-38)55(52-20-11-21-53-54(52)49-18-9-10-19-51(49)56(53)43-15-5-2-6-16-43)45-32-26-39(27-33-45)42-23-22-41-29-34-47-46-17-8-7-14-40(46)28-35-48(47)50(41)36-42/h1-36H. The highest BCUT2D eigenvalue weighted by molar-refractivity contribution is 6.18. The summed E-state index contributed by atoms with van der Waals surface area (Å²) in [7, 11) is 0. The van der Waals surface area contributed by atoms with Gasteiger partial charge in [-0.15, -0.1) is 0 Å². The van der Waals surface area contributed by atoms with Gasteiger partial charge in [-0.25, -0.2) is 0 Å². The highest BCUT2D eigenvalue weighted by Crippen LogP contribution is 2.44. The summed E-state index contributed by atoms with van der Waals surface area (Å²) < 4.78 is 2.39. The maximum absolute atomic E-state index is 2.42. The molecule has 0 aliphatic heterocycles. The molecule has 0 bridgehead atoms. The molecule has 0 N–H and O–H groups in total. The van der Waals surface area contributed by atoms with E-state index < -0.39 is 0 Å². The van der Waals surface area contributed by atoms with E-state index in [1.807, 2.05) is 0 Å². The molecule has 1 heterocycles. The van der Waals surface area contributed by atoms with E-state index >= 15 is 0 Å². The Morgan fingerprint density at radius 1 is 0.304 bits per heavy atom. The number of benzene rings is 10. The van der Waals surface area contributed by atoms with Crippen molar-refractivity contribution in [1.82, 2.24) is 4.57 Å². The number of para-hydroxylation sites is 2. The number of anilines is 3. The third kappa shape index (κ3) is 5.26. The van der Waals surface area contributed by atoms with Crippen LogP contribution >= 0.6 is 0 Å². The Labute approximate surface area is 325 Å². The van der Waals surface area contributed by atoms with E-state index in [4.69, 9.17) is 0 Å². The number of hydrogen-bond acceptors (Lipinski definition) is 1. The van der Waals surface area contributed by atoms with Crippen molar-refractivity contribution in [2.75, 3.05) is 4.90 Å². The molecule has 0 atom stereocenters. The Balaban J connectivity index is 1.07. The number of rotatable bonds is 6. The molecule has 0 aliphatic carbocycles. The second kappa shape index (κ2) is 13.2. The van der Waals surface area contributed by atoms with E-state index in [0.29, 0.717) is 0 Å². The van der Waals surface area contributed by atoms with Gasteiger partial charge in [-0.05, 0) is 115 Å². The van der Waals surface area contributed by atoms with E-state index in [2.05, 4.69) is 228 Å². The quantitative estimate of drug-likeness (QED) is 0.156. The Morgan fingerprint density at radius 3 is 1.55 bits per heavy atom. The van der Waals surface area contributed by atoms with Crippen molar-refractivity contribution in [3.8, 4) is 27.9 Å². The molecule has 1 aromatic heterocycles. The van der Waals surface area contributed by atoms with Gasteiger partial charge in [0.25, 0.3) is 0 Å². The van der Waals surface area contributed by atoms with E-state index in [9.17, 15) is 0 Å². The molecule has 0 unspecified atom stereocenters. The normalized spacial score (nSPS) is 11.6.